The number of benzene rings is 1. The van der Waals surface area contributed by atoms with Crippen LogP contribution in [-0.2, 0) is 0 Å². The second-order valence-electron chi connectivity index (χ2n) is 4.56. The number of hydrogen-bond acceptors (Lipinski definition) is 5. The van der Waals surface area contributed by atoms with Gasteiger partial charge in [0.1, 0.15) is 29.1 Å². The van der Waals surface area contributed by atoms with Crippen LogP contribution in [0.2, 0.25) is 0 Å². The lowest BCUT2D eigenvalue weighted by Gasteiger charge is -2.24. The molecule has 1 aliphatic rings. The third-order valence-corrected chi connectivity index (χ3v) is 3.32. The van der Waals surface area contributed by atoms with Gasteiger partial charge in [0.25, 0.3) is 0 Å². The molecule has 0 radical (unpaired) electrons. The number of ether oxygens (including phenoxy) is 3. The van der Waals surface area contributed by atoms with E-state index in [1.807, 2.05) is 12.1 Å². The van der Waals surface area contributed by atoms with Crippen molar-refractivity contribution >= 4 is 5.76 Å². The summed E-state index contributed by atoms with van der Waals surface area (Å²) in [6.45, 7) is 0. The van der Waals surface area contributed by atoms with Crippen LogP contribution in [0.25, 0.3) is 5.76 Å². The van der Waals surface area contributed by atoms with E-state index in [9.17, 15) is 5.11 Å². The monoisotopic (exact) mass is 285 g/mol. The molecule has 1 aromatic carbocycles. The molecule has 0 saturated heterocycles. The summed E-state index contributed by atoms with van der Waals surface area (Å²) in [7, 11) is 3.11. The van der Waals surface area contributed by atoms with Crippen LogP contribution in [-0.4, -0.2) is 24.3 Å². The summed E-state index contributed by atoms with van der Waals surface area (Å²) >= 11 is 0. The molecular formula is C16H15NO4. The Kier molecular flexibility index (Phi) is 3.50. The number of aliphatic hydroxyl groups excluding tert-OH is 1. The van der Waals surface area contributed by atoms with E-state index in [0.717, 1.165) is 5.56 Å². The van der Waals surface area contributed by atoms with Crippen LogP contribution in [0, 0.1) is 0 Å². The Bertz CT molecular complexity index is 682. The minimum Gasteiger partial charge on any atom is -0.496 e. The zero-order valence-corrected chi connectivity index (χ0v) is 11.7. The number of hydrogen-bond donors (Lipinski definition) is 1. The Morgan fingerprint density at radius 1 is 1.14 bits per heavy atom. The Morgan fingerprint density at radius 3 is 2.57 bits per heavy atom. The lowest BCUT2D eigenvalue weighted by molar-refractivity contribution is 0.210. The lowest BCUT2D eigenvalue weighted by atomic mass is 10.0. The van der Waals surface area contributed by atoms with Crippen molar-refractivity contribution in [1.29, 1.82) is 0 Å². The Balaban J connectivity index is 2.06. The summed E-state index contributed by atoms with van der Waals surface area (Å²) in [6.07, 6.45) is 4.19. The molecule has 108 valence electrons. The maximum absolute atomic E-state index is 10.4. The van der Waals surface area contributed by atoms with Crippen LogP contribution in [0.5, 0.6) is 17.2 Å². The SMILES string of the molecule is COc1cc(OC)c2c(c1)OC(c1ccncc1)=CC2O. The third kappa shape index (κ3) is 2.43. The van der Waals surface area contributed by atoms with Gasteiger partial charge in [-0.15, -0.1) is 0 Å². The average Bonchev–Trinajstić information content (AvgIpc) is 2.54. The molecule has 5 nitrogen and oxygen atoms in total. The fourth-order valence-corrected chi connectivity index (χ4v) is 2.29. The molecule has 0 amide bonds. The highest BCUT2D eigenvalue weighted by atomic mass is 16.5. The minimum absolute atomic E-state index is 0.521. The highest BCUT2D eigenvalue weighted by molar-refractivity contribution is 5.68. The molecule has 0 fully saturated rings. The molecule has 1 N–H and O–H groups in total. The first-order chi connectivity index (χ1) is 10.2. The molecule has 2 heterocycles. The zero-order valence-electron chi connectivity index (χ0n) is 11.7. The summed E-state index contributed by atoms with van der Waals surface area (Å²) in [5.74, 6) is 2.23. The van der Waals surface area contributed by atoms with Gasteiger partial charge in [-0.1, -0.05) is 0 Å². The van der Waals surface area contributed by atoms with E-state index < -0.39 is 6.10 Å². The number of rotatable bonds is 3. The van der Waals surface area contributed by atoms with Crippen molar-refractivity contribution in [3.05, 3.63) is 53.9 Å². The quantitative estimate of drug-likeness (QED) is 0.939. The van der Waals surface area contributed by atoms with Crippen molar-refractivity contribution in [3.8, 4) is 17.2 Å². The number of pyridine rings is 1. The van der Waals surface area contributed by atoms with Crippen LogP contribution in [0.4, 0.5) is 0 Å². The summed E-state index contributed by atoms with van der Waals surface area (Å²) in [5, 5.41) is 10.4. The van der Waals surface area contributed by atoms with E-state index in [0.29, 0.717) is 28.6 Å². The third-order valence-electron chi connectivity index (χ3n) is 3.32. The largest absolute Gasteiger partial charge is 0.496 e. The van der Waals surface area contributed by atoms with Gasteiger partial charge in [-0.25, -0.2) is 0 Å². The molecule has 3 rings (SSSR count). The van der Waals surface area contributed by atoms with Gasteiger partial charge in [-0.05, 0) is 18.2 Å². The highest BCUT2D eigenvalue weighted by Crippen LogP contribution is 2.44. The standard InChI is InChI=1S/C16H15NO4/c1-19-11-7-14(20-2)16-12(18)9-13(21-15(16)8-11)10-3-5-17-6-4-10/h3-9,12,18H,1-2H3. The number of nitrogens with zero attached hydrogens (tertiary/aromatic N) is 1. The van der Waals surface area contributed by atoms with Gasteiger partial charge in [-0.2, -0.15) is 0 Å². The van der Waals surface area contributed by atoms with Crippen LogP contribution >= 0.6 is 0 Å². The first kappa shape index (κ1) is 13.5. The molecule has 5 heteroatoms. The van der Waals surface area contributed by atoms with Gasteiger partial charge in [0.15, 0.2) is 0 Å². The normalized spacial score (nSPS) is 16.5. The van der Waals surface area contributed by atoms with Crippen molar-refractivity contribution in [1.82, 2.24) is 4.98 Å². The molecule has 1 unspecified atom stereocenters. The second kappa shape index (κ2) is 5.46. The van der Waals surface area contributed by atoms with Gasteiger partial charge < -0.3 is 19.3 Å². The smallest absolute Gasteiger partial charge is 0.141 e. The van der Waals surface area contributed by atoms with Gasteiger partial charge in [-0.3, -0.25) is 4.98 Å². The molecule has 0 aliphatic carbocycles. The van der Waals surface area contributed by atoms with Crippen LogP contribution in [0.15, 0.2) is 42.7 Å². The fraction of sp³-hybridized carbons (Fsp3) is 0.188. The fourth-order valence-electron chi connectivity index (χ4n) is 2.29. The maximum Gasteiger partial charge on any atom is 0.141 e. The van der Waals surface area contributed by atoms with Crippen molar-refractivity contribution < 1.29 is 19.3 Å². The summed E-state index contributed by atoms with van der Waals surface area (Å²) in [6, 6.07) is 7.09. The van der Waals surface area contributed by atoms with Crippen molar-refractivity contribution in [2.75, 3.05) is 14.2 Å². The molecule has 21 heavy (non-hydrogen) atoms. The van der Waals surface area contributed by atoms with Gasteiger partial charge in [0.2, 0.25) is 0 Å². The molecule has 0 bridgehead atoms. The van der Waals surface area contributed by atoms with Crippen molar-refractivity contribution in [2.45, 2.75) is 6.10 Å². The average molecular weight is 285 g/mol. The van der Waals surface area contributed by atoms with Crippen molar-refractivity contribution in [3.63, 3.8) is 0 Å². The van der Waals surface area contributed by atoms with E-state index in [1.54, 1.807) is 44.8 Å². The van der Waals surface area contributed by atoms with E-state index in [-0.39, 0.29) is 0 Å². The van der Waals surface area contributed by atoms with E-state index >= 15 is 0 Å². The van der Waals surface area contributed by atoms with Crippen LogP contribution in [0.1, 0.15) is 17.2 Å². The number of methoxy groups -OCH3 is 2. The molecule has 1 aliphatic heterocycles. The molecular weight excluding hydrogens is 270 g/mol. The molecule has 2 aromatic rings. The predicted molar refractivity (Wildman–Crippen MR) is 77.3 cm³/mol. The van der Waals surface area contributed by atoms with Crippen LogP contribution < -0.4 is 14.2 Å². The second-order valence-corrected chi connectivity index (χ2v) is 4.56. The molecule has 1 atom stereocenters. The van der Waals surface area contributed by atoms with Crippen LogP contribution in [0.3, 0.4) is 0 Å². The van der Waals surface area contributed by atoms with Gasteiger partial charge >= 0.3 is 0 Å². The number of fused-ring (bicyclic) bond motifs is 1. The Hall–Kier alpha value is -2.53. The minimum atomic E-state index is -0.808. The number of aliphatic hydroxyl groups is 1. The summed E-state index contributed by atoms with van der Waals surface area (Å²) in [5.41, 5.74) is 1.44. The molecule has 1 aromatic heterocycles. The Morgan fingerprint density at radius 2 is 1.90 bits per heavy atom. The highest BCUT2D eigenvalue weighted by Gasteiger charge is 2.26. The molecule has 0 saturated carbocycles. The zero-order chi connectivity index (χ0) is 14.8. The summed E-state index contributed by atoms with van der Waals surface area (Å²) < 4.78 is 16.4. The first-order valence-electron chi connectivity index (χ1n) is 6.47. The van der Waals surface area contributed by atoms with E-state index in [4.69, 9.17) is 14.2 Å². The van der Waals surface area contributed by atoms with Gasteiger partial charge in [0, 0.05) is 30.1 Å². The maximum atomic E-state index is 10.4. The predicted octanol–water partition coefficient (Wildman–Crippen LogP) is 2.57. The Labute approximate surface area is 122 Å². The lowest BCUT2D eigenvalue weighted by Crippen LogP contribution is -2.10. The first-order valence-corrected chi connectivity index (χ1v) is 6.47. The van der Waals surface area contributed by atoms with E-state index in [1.165, 1.54) is 0 Å². The van der Waals surface area contributed by atoms with Gasteiger partial charge in [0.05, 0.1) is 19.8 Å². The number of aromatic nitrogens is 1. The molecule has 0 spiro atoms. The topological polar surface area (TPSA) is 60.8 Å². The summed E-state index contributed by atoms with van der Waals surface area (Å²) in [4.78, 5) is 3.97. The van der Waals surface area contributed by atoms with Crippen molar-refractivity contribution in [2.24, 2.45) is 0 Å². The van der Waals surface area contributed by atoms with E-state index in [2.05, 4.69) is 4.98 Å².